The number of rotatable bonds is 4. The van der Waals surface area contributed by atoms with Crippen LogP contribution in [0.1, 0.15) is 18.1 Å². The third-order valence-corrected chi connectivity index (χ3v) is 2.53. The van der Waals surface area contributed by atoms with Gasteiger partial charge in [-0.1, -0.05) is 0 Å². The molecule has 0 saturated carbocycles. The average Bonchev–Trinajstić information content (AvgIpc) is 2.17. The monoisotopic (exact) mass is 260 g/mol. The Bertz CT molecular complexity index is 307. The standard InChI is InChI=1S/C9H13BrN2O2/c1-14-8-5-12-4-6(10)9(8)7(13)2-3-11/h4-5,7,13H,2-3,11H2,1H3. The molecule has 1 atom stereocenters. The van der Waals surface area contributed by atoms with Crippen LogP contribution in [0.2, 0.25) is 0 Å². The van der Waals surface area contributed by atoms with Crippen LogP contribution in [0.15, 0.2) is 16.9 Å². The van der Waals surface area contributed by atoms with E-state index in [0.717, 1.165) is 4.47 Å². The van der Waals surface area contributed by atoms with E-state index >= 15 is 0 Å². The largest absolute Gasteiger partial charge is 0.495 e. The quantitative estimate of drug-likeness (QED) is 0.855. The lowest BCUT2D eigenvalue weighted by Crippen LogP contribution is -2.08. The molecule has 1 unspecified atom stereocenters. The van der Waals surface area contributed by atoms with Crippen molar-refractivity contribution in [1.29, 1.82) is 0 Å². The molecule has 0 spiro atoms. The van der Waals surface area contributed by atoms with Crippen molar-refractivity contribution in [3.05, 3.63) is 22.4 Å². The number of aliphatic hydroxyl groups is 1. The molecule has 0 aromatic carbocycles. The highest BCUT2D eigenvalue weighted by Gasteiger charge is 2.16. The molecule has 0 aliphatic heterocycles. The molecule has 5 heteroatoms. The molecule has 1 aromatic rings. The predicted octanol–water partition coefficient (Wildman–Crippen LogP) is 1.23. The summed E-state index contributed by atoms with van der Waals surface area (Å²) < 4.78 is 5.83. The topological polar surface area (TPSA) is 68.4 Å². The van der Waals surface area contributed by atoms with E-state index in [4.69, 9.17) is 10.5 Å². The lowest BCUT2D eigenvalue weighted by atomic mass is 10.1. The average molecular weight is 261 g/mol. The Morgan fingerprint density at radius 1 is 1.64 bits per heavy atom. The van der Waals surface area contributed by atoms with Gasteiger partial charge in [0.1, 0.15) is 5.75 Å². The van der Waals surface area contributed by atoms with Crippen LogP contribution in [0.4, 0.5) is 0 Å². The van der Waals surface area contributed by atoms with Gasteiger partial charge in [-0.05, 0) is 28.9 Å². The maximum atomic E-state index is 9.80. The van der Waals surface area contributed by atoms with Crippen molar-refractivity contribution in [2.24, 2.45) is 5.73 Å². The first kappa shape index (κ1) is 11.4. The van der Waals surface area contributed by atoms with Gasteiger partial charge in [0.25, 0.3) is 0 Å². The molecule has 0 amide bonds. The fourth-order valence-corrected chi connectivity index (χ4v) is 1.79. The molecule has 3 N–H and O–H groups in total. The van der Waals surface area contributed by atoms with Gasteiger partial charge in [-0.2, -0.15) is 0 Å². The minimum absolute atomic E-state index is 0.430. The van der Waals surface area contributed by atoms with Gasteiger partial charge in [-0.15, -0.1) is 0 Å². The lowest BCUT2D eigenvalue weighted by Gasteiger charge is -2.14. The summed E-state index contributed by atoms with van der Waals surface area (Å²) in [6, 6.07) is 0. The molecular weight excluding hydrogens is 248 g/mol. The Morgan fingerprint density at radius 2 is 2.36 bits per heavy atom. The van der Waals surface area contributed by atoms with Crippen LogP contribution >= 0.6 is 15.9 Å². The molecule has 78 valence electrons. The zero-order chi connectivity index (χ0) is 10.6. The van der Waals surface area contributed by atoms with Crippen LogP contribution in [-0.4, -0.2) is 23.7 Å². The number of hydrogen-bond acceptors (Lipinski definition) is 4. The van der Waals surface area contributed by atoms with Crippen molar-refractivity contribution < 1.29 is 9.84 Å². The van der Waals surface area contributed by atoms with Crippen molar-refractivity contribution in [3.8, 4) is 5.75 Å². The summed E-state index contributed by atoms with van der Waals surface area (Å²) >= 11 is 3.32. The maximum Gasteiger partial charge on any atom is 0.144 e. The van der Waals surface area contributed by atoms with Crippen LogP contribution in [0.25, 0.3) is 0 Å². The molecule has 1 aromatic heterocycles. The smallest absolute Gasteiger partial charge is 0.144 e. The summed E-state index contributed by atoms with van der Waals surface area (Å²) in [5, 5.41) is 9.80. The number of nitrogens with two attached hydrogens (primary N) is 1. The first-order valence-electron chi connectivity index (χ1n) is 4.26. The molecule has 14 heavy (non-hydrogen) atoms. The summed E-state index contributed by atoms with van der Waals surface area (Å²) in [6.45, 7) is 0.430. The number of aromatic nitrogens is 1. The van der Waals surface area contributed by atoms with Gasteiger partial charge in [0.15, 0.2) is 0 Å². The molecule has 4 nitrogen and oxygen atoms in total. The number of ether oxygens (including phenoxy) is 1. The summed E-state index contributed by atoms with van der Waals surface area (Å²) in [5.41, 5.74) is 6.08. The molecule has 0 bridgehead atoms. The van der Waals surface area contributed by atoms with E-state index in [2.05, 4.69) is 20.9 Å². The van der Waals surface area contributed by atoms with E-state index in [9.17, 15) is 5.11 Å². The highest BCUT2D eigenvalue weighted by atomic mass is 79.9. The van der Waals surface area contributed by atoms with E-state index in [1.54, 1.807) is 19.5 Å². The van der Waals surface area contributed by atoms with E-state index in [0.29, 0.717) is 24.3 Å². The van der Waals surface area contributed by atoms with Crippen molar-refractivity contribution >= 4 is 15.9 Å². The van der Waals surface area contributed by atoms with Crippen LogP contribution in [0, 0.1) is 0 Å². The minimum atomic E-state index is -0.618. The fraction of sp³-hybridized carbons (Fsp3) is 0.444. The molecule has 0 aliphatic carbocycles. The Balaban J connectivity index is 3.03. The molecule has 0 radical (unpaired) electrons. The zero-order valence-electron chi connectivity index (χ0n) is 7.90. The second-order valence-corrected chi connectivity index (χ2v) is 3.68. The predicted molar refractivity (Wildman–Crippen MR) is 57.1 cm³/mol. The SMILES string of the molecule is COc1cncc(Br)c1C(O)CCN. The Hall–Kier alpha value is -0.650. The molecule has 0 saturated heterocycles. The van der Waals surface area contributed by atoms with Crippen LogP contribution in [0.3, 0.4) is 0 Å². The van der Waals surface area contributed by atoms with Crippen LogP contribution in [-0.2, 0) is 0 Å². The molecule has 1 heterocycles. The first-order valence-corrected chi connectivity index (χ1v) is 5.05. The van der Waals surface area contributed by atoms with Gasteiger partial charge < -0.3 is 15.6 Å². The molecule has 1 rings (SSSR count). The Morgan fingerprint density at radius 3 is 2.93 bits per heavy atom. The number of methoxy groups -OCH3 is 1. The summed E-state index contributed by atoms with van der Waals surface area (Å²) in [6.07, 6.45) is 3.07. The van der Waals surface area contributed by atoms with Crippen LogP contribution < -0.4 is 10.5 Å². The van der Waals surface area contributed by atoms with Gasteiger partial charge in [0, 0.05) is 16.2 Å². The summed E-state index contributed by atoms with van der Waals surface area (Å²) in [4.78, 5) is 3.94. The van der Waals surface area contributed by atoms with Gasteiger partial charge in [0.2, 0.25) is 0 Å². The van der Waals surface area contributed by atoms with Crippen molar-refractivity contribution in [1.82, 2.24) is 4.98 Å². The molecule has 0 fully saturated rings. The molecule has 0 aliphatic rings. The highest BCUT2D eigenvalue weighted by molar-refractivity contribution is 9.10. The lowest BCUT2D eigenvalue weighted by molar-refractivity contribution is 0.165. The van der Waals surface area contributed by atoms with Gasteiger partial charge in [-0.25, -0.2) is 0 Å². The van der Waals surface area contributed by atoms with Crippen LogP contribution in [0.5, 0.6) is 5.75 Å². The Labute approximate surface area is 91.2 Å². The zero-order valence-corrected chi connectivity index (χ0v) is 9.49. The molecular formula is C9H13BrN2O2. The third-order valence-electron chi connectivity index (χ3n) is 1.90. The number of aliphatic hydroxyl groups excluding tert-OH is 1. The second kappa shape index (κ2) is 5.29. The van der Waals surface area contributed by atoms with E-state index in [1.807, 2.05) is 0 Å². The number of halogens is 1. The van der Waals surface area contributed by atoms with Gasteiger partial charge in [-0.3, -0.25) is 4.98 Å². The van der Waals surface area contributed by atoms with E-state index < -0.39 is 6.10 Å². The van der Waals surface area contributed by atoms with E-state index in [-0.39, 0.29) is 0 Å². The number of pyridine rings is 1. The maximum absolute atomic E-state index is 9.80. The van der Waals surface area contributed by atoms with Crippen molar-refractivity contribution in [2.75, 3.05) is 13.7 Å². The van der Waals surface area contributed by atoms with Gasteiger partial charge >= 0.3 is 0 Å². The number of hydrogen-bond donors (Lipinski definition) is 2. The minimum Gasteiger partial charge on any atom is -0.495 e. The van der Waals surface area contributed by atoms with E-state index in [1.165, 1.54) is 0 Å². The second-order valence-electron chi connectivity index (χ2n) is 2.83. The van der Waals surface area contributed by atoms with Crippen molar-refractivity contribution in [2.45, 2.75) is 12.5 Å². The van der Waals surface area contributed by atoms with Gasteiger partial charge in [0.05, 0.1) is 19.4 Å². The third kappa shape index (κ3) is 2.43. The van der Waals surface area contributed by atoms with Crippen molar-refractivity contribution in [3.63, 3.8) is 0 Å². The highest BCUT2D eigenvalue weighted by Crippen LogP contribution is 2.32. The summed E-state index contributed by atoms with van der Waals surface area (Å²) in [7, 11) is 1.54. The fourth-order valence-electron chi connectivity index (χ4n) is 1.22. The Kier molecular flexibility index (Phi) is 4.31. The first-order chi connectivity index (χ1) is 6.70. The normalized spacial score (nSPS) is 12.6. The number of nitrogens with zero attached hydrogens (tertiary/aromatic N) is 1. The summed E-state index contributed by atoms with van der Waals surface area (Å²) in [5.74, 6) is 0.570.